The van der Waals surface area contributed by atoms with Crippen LogP contribution in [-0.2, 0) is 11.2 Å². The molecule has 1 N–H and O–H groups in total. The summed E-state index contributed by atoms with van der Waals surface area (Å²) >= 11 is 0. The molecule has 0 radical (unpaired) electrons. The van der Waals surface area contributed by atoms with Crippen molar-refractivity contribution >= 4 is 22.8 Å². The normalized spacial score (nSPS) is 19.4. The molecule has 5 rings (SSSR count). The molecule has 3 heterocycles. The van der Waals surface area contributed by atoms with E-state index < -0.39 is 12.1 Å². The first-order valence-electron chi connectivity index (χ1n) is 11.6. The van der Waals surface area contributed by atoms with E-state index in [0.29, 0.717) is 30.2 Å². The van der Waals surface area contributed by atoms with Crippen LogP contribution in [0, 0.1) is 0 Å². The summed E-state index contributed by atoms with van der Waals surface area (Å²) in [4.78, 5) is 33.7. The largest absolute Gasteiger partial charge is 0.493 e. The Morgan fingerprint density at radius 2 is 1.74 bits per heavy atom. The second-order valence-electron chi connectivity index (χ2n) is 8.68. The molecule has 8 heteroatoms. The standard InChI is InChI=1S/C26H29N3O5/c1-5-6-11-28-25(30)19-14-17-16-9-7-8-10-18(16)27-22(17)23(29(19)26(28)31)15-12-20(32-2)24(34-4)21(13-15)33-3/h7-10,12-13,19,23,27H,5-6,11,14H2,1-4H3/t19-,23-/m1/s1. The number of urea groups is 1. The minimum atomic E-state index is -0.555. The topological polar surface area (TPSA) is 84.1 Å². The number of para-hydroxylation sites is 1. The number of H-pyrrole nitrogens is 1. The molecule has 2 atom stereocenters. The van der Waals surface area contributed by atoms with Crippen molar-refractivity contribution in [3.8, 4) is 17.2 Å². The maximum atomic E-state index is 13.6. The van der Waals surface area contributed by atoms with Crippen molar-refractivity contribution in [1.82, 2.24) is 14.8 Å². The van der Waals surface area contributed by atoms with Crippen LogP contribution in [-0.4, -0.2) is 60.6 Å². The predicted octanol–water partition coefficient (Wildman–Crippen LogP) is 4.27. The SMILES string of the molecule is CCCCN1C(=O)[C@H]2Cc3c([nH]c4ccccc34)[C@@H](c3cc(OC)c(OC)c(OC)c3)N2C1=O. The number of carbonyl (C=O) groups excluding carboxylic acids is 2. The minimum absolute atomic E-state index is 0.133. The van der Waals surface area contributed by atoms with Crippen LogP contribution in [0.25, 0.3) is 10.9 Å². The number of rotatable bonds is 7. The van der Waals surface area contributed by atoms with Crippen molar-refractivity contribution in [2.75, 3.05) is 27.9 Å². The summed E-state index contributed by atoms with van der Waals surface area (Å²) in [7, 11) is 4.69. The highest BCUT2D eigenvalue weighted by atomic mass is 16.5. The van der Waals surface area contributed by atoms with Gasteiger partial charge in [0.15, 0.2) is 11.5 Å². The average molecular weight is 464 g/mol. The number of aromatic nitrogens is 1. The zero-order valence-electron chi connectivity index (χ0n) is 19.9. The molecule has 178 valence electrons. The third-order valence-electron chi connectivity index (χ3n) is 6.87. The molecule has 1 saturated heterocycles. The van der Waals surface area contributed by atoms with E-state index in [0.717, 1.165) is 40.6 Å². The van der Waals surface area contributed by atoms with Crippen molar-refractivity contribution in [3.05, 3.63) is 53.2 Å². The Morgan fingerprint density at radius 1 is 1.03 bits per heavy atom. The van der Waals surface area contributed by atoms with Gasteiger partial charge in [0.25, 0.3) is 5.91 Å². The van der Waals surface area contributed by atoms with Gasteiger partial charge in [-0.2, -0.15) is 0 Å². The number of fused-ring (bicyclic) bond motifs is 4. The smallest absolute Gasteiger partial charge is 0.328 e. The van der Waals surface area contributed by atoms with Crippen LogP contribution in [0.5, 0.6) is 17.2 Å². The Bertz CT molecular complexity index is 1240. The number of nitrogens with one attached hydrogen (secondary N) is 1. The lowest BCUT2D eigenvalue weighted by atomic mass is 9.88. The number of ether oxygens (including phenoxy) is 3. The molecule has 3 amide bonds. The molecule has 0 spiro atoms. The minimum Gasteiger partial charge on any atom is -0.493 e. The third kappa shape index (κ3) is 3.20. The van der Waals surface area contributed by atoms with E-state index in [2.05, 4.69) is 11.1 Å². The maximum Gasteiger partial charge on any atom is 0.328 e. The van der Waals surface area contributed by atoms with Gasteiger partial charge in [0.1, 0.15) is 12.1 Å². The van der Waals surface area contributed by atoms with E-state index in [1.54, 1.807) is 26.2 Å². The molecule has 34 heavy (non-hydrogen) atoms. The van der Waals surface area contributed by atoms with E-state index in [-0.39, 0.29) is 11.9 Å². The van der Waals surface area contributed by atoms with Gasteiger partial charge in [0.05, 0.1) is 21.3 Å². The van der Waals surface area contributed by atoms with Crippen molar-refractivity contribution < 1.29 is 23.8 Å². The molecule has 2 aliphatic rings. The van der Waals surface area contributed by atoms with Gasteiger partial charge in [-0.05, 0) is 35.7 Å². The van der Waals surface area contributed by atoms with E-state index in [1.165, 1.54) is 4.90 Å². The monoisotopic (exact) mass is 463 g/mol. The number of unbranched alkanes of at least 4 members (excludes halogenated alkanes) is 1. The summed E-state index contributed by atoms with van der Waals surface area (Å²) < 4.78 is 16.7. The zero-order valence-corrected chi connectivity index (χ0v) is 19.9. The number of benzene rings is 2. The van der Waals surface area contributed by atoms with Gasteiger partial charge in [0, 0.05) is 29.6 Å². The van der Waals surface area contributed by atoms with Gasteiger partial charge in [-0.3, -0.25) is 14.6 Å². The van der Waals surface area contributed by atoms with Crippen LogP contribution in [0.1, 0.15) is 42.6 Å². The highest BCUT2D eigenvalue weighted by Gasteiger charge is 2.52. The van der Waals surface area contributed by atoms with Gasteiger partial charge >= 0.3 is 6.03 Å². The highest BCUT2D eigenvalue weighted by Crippen LogP contribution is 2.47. The number of hydrogen-bond donors (Lipinski definition) is 1. The lowest BCUT2D eigenvalue weighted by Gasteiger charge is -2.36. The second kappa shape index (κ2) is 8.59. The summed E-state index contributed by atoms with van der Waals surface area (Å²) in [6.45, 7) is 2.48. The average Bonchev–Trinajstić information content (AvgIpc) is 3.35. The van der Waals surface area contributed by atoms with Crippen LogP contribution in [0.4, 0.5) is 4.79 Å². The molecule has 0 aliphatic carbocycles. The van der Waals surface area contributed by atoms with Crippen molar-refractivity contribution in [1.29, 1.82) is 0 Å². The van der Waals surface area contributed by atoms with Gasteiger partial charge in [-0.15, -0.1) is 0 Å². The number of amides is 3. The van der Waals surface area contributed by atoms with Crippen molar-refractivity contribution in [3.63, 3.8) is 0 Å². The molecular formula is C26H29N3O5. The first-order valence-corrected chi connectivity index (χ1v) is 11.6. The second-order valence-corrected chi connectivity index (χ2v) is 8.68. The summed E-state index contributed by atoms with van der Waals surface area (Å²) in [5.74, 6) is 1.34. The number of hydrogen-bond acceptors (Lipinski definition) is 5. The highest BCUT2D eigenvalue weighted by molar-refractivity contribution is 6.05. The molecule has 1 fully saturated rings. The van der Waals surface area contributed by atoms with Crippen LogP contribution < -0.4 is 14.2 Å². The summed E-state index contributed by atoms with van der Waals surface area (Å²) in [5.41, 5.74) is 3.73. The number of imide groups is 1. The van der Waals surface area contributed by atoms with Crippen LogP contribution in [0.15, 0.2) is 36.4 Å². The lowest BCUT2D eigenvalue weighted by molar-refractivity contribution is -0.128. The predicted molar refractivity (Wildman–Crippen MR) is 128 cm³/mol. The van der Waals surface area contributed by atoms with Gasteiger partial charge in [-0.25, -0.2) is 4.79 Å². The van der Waals surface area contributed by atoms with Crippen LogP contribution in [0.2, 0.25) is 0 Å². The Hall–Kier alpha value is -3.68. The summed E-state index contributed by atoms with van der Waals surface area (Å²) in [5, 5.41) is 1.07. The zero-order chi connectivity index (χ0) is 24.0. The fourth-order valence-corrected chi connectivity index (χ4v) is 5.26. The molecule has 2 aromatic carbocycles. The van der Waals surface area contributed by atoms with Crippen molar-refractivity contribution in [2.45, 2.75) is 38.3 Å². The quantitative estimate of drug-likeness (QED) is 0.529. The molecule has 0 unspecified atom stereocenters. The molecular weight excluding hydrogens is 434 g/mol. The van der Waals surface area contributed by atoms with Gasteiger partial charge in [-0.1, -0.05) is 31.5 Å². The number of aromatic amines is 1. The fraction of sp³-hybridized carbons (Fsp3) is 0.385. The van der Waals surface area contributed by atoms with E-state index in [1.807, 2.05) is 37.3 Å². The number of carbonyl (C=O) groups is 2. The van der Waals surface area contributed by atoms with Crippen molar-refractivity contribution in [2.24, 2.45) is 0 Å². The summed E-state index contributed by atoms with van der Waals surface area (Å²) in [6, 6.07) is 10.4. The molecule has 3 aromatic rings. The number of nitrogens with zero attached hydrogens (tertiary/aromatic N) is 2. The number of methoxy groups -OCH3 is 3. The Balaban J connectivity index is 1.72. The Morgan fingerprint density at radius 3 is 2.38 bits per heavy atom. The molecule has 0 bridgehead atoms. The fourth-order valence-electron chi connectivity index (χ4n) is 5.26. The van der Waals surface area contributed by atoms with Gasteiger partial charge in [0.2, 0.25) is 5.75 Å². The third-order valence-corrected chi connectivity index (χ3v) is 6.87. The summed E-state index contributed by atoms with van der Waals surface area (Å²) in [6.07, 6.45) is 2.16. The molecule has 0 saturated carbocycles. The van der Waals surface area contributed by atoms with E-state index in [4.69, 9.17) is 14.2 Å². The van der Waals surface area contributed by atoms with Crippen LogP contribution >= 0.6 is 0 Å². The van der Waals surface area contributed by atoms with E-state index in [9.17, 15) is 9.59 Å². The van der Waals surface area contributed by atoms with Gasteiger partial charge < -0.3 is 19.2 Å². The Kier molecular flexibility index (Phi) is 5.59. The van der Waals surface area contributed by atoms with Crippen LogP contribution in [0.3, 0.4) is 0 Å². The lowest BCUT2D eigenvalue weighted by Crippen LogP contribution is -2.44. The van der Waals surface area contributed by atoms with E-state index >= 15 is 0 Å². The Labute approximate surface area is 198 Å². The first kappa shape index (κ1) is 22.1. The molecule has 2 aliphatic heterocycles. The molecule has 1 aromatic heterocycles. The first-order chi connectivity index (χ1) is 16.5. The molecule has 8 nitrogen and oxygen atoms in total. The maximum absolute atomic E-state index is 13.6.